The topological polar surface area (TPSA) is 62.1 Å². The highest BCUT2D eigenvalue weighted by atomic mass is 32.2. The summed E-state index contributed by atoms with van der Waals surface area (Å²) in [6.45, 7) is 0. The fraction of sp³-hybridized carbons (Fsp3) is 0.261. The molecule has 0 bridgehead atoms. The lowest BCUT2D eigenvalue weighted by molar-refractivity contribution is 0.356. The Kier molecular flexibility index (Phi) is 5.65. The summed E-state index contributed by atoms with van der Waals surface area (Å²) in [6, 6.07) is 16.1. The number of thioether (sulfide) groups is 1. The number of para-hydroxylation sites is 2. The minimum atomic E-state index is 0.522. The Morgan fingerprint density at radius 1 is 1.03 bits per heavy atom. The number of thiazole rings is 1. The van der Waals surface area contributed by atoms with Crippen molar-refractivity contribution in [2.24, 2.45) is 0 Å². The molecule has 1 fully saturated rings. The second-order valence-corrected chi connectivity index (χ2v) is 9.05. The molecule has 0 saturated heterocycles. The Bertz CT molecular complexity index is 1190. The van der Waals surface area contributed by atoms with Gasteiger partial charge in [-0.25, -0.2) is 14.6 Å². The van der Waals surface area contributed by atoms with Crippen LogP contribution in [0.5, 0.6) is 11.5 Å². The molecule has 31 heavy (non-hydrogen) atoms. The zero-order valence-corrected chi connectivity index (χ0v) is 18.9. The van der Waals surface area contributed by atoms with E-state index in [2.05, 4.69) is 17.5 Å². The summed E-state index contributed by atoms with van der Waals surface area (Å²) < 4.78 is 13.0. The molecule has 0 unspecified atom stereocenters. The first-order chi connectivity index (χ1) is 15.3. The molecule has 158 valence electrons. The molecule has 0 amide bonds. The third-order valence-corrected chi connectivity index (χ3v) is 6.89. The van der Waals surface area contributed by atoms with Crippen molar-refractivity contribution in [2.75, 3.05) is 14.2 Å². The molecular weight excluding hydrogens is 428 g/mol. The van der Waals surface area contributed by atoms with Crippen molar-refractivity contribution >= 4 is 23.1 Å². The first-order valence-corrected chi connectivity index (χ1v) is 11.9. The van der Waals surface area contributed by atoms with Crippen LogP contribution in [0.15, 0.2) is 59.1 Å². The van der Waals surface area contributed by atoms with Crippen molar-refractivity contribution < 1.29 is 9.47 Å². The number of hydrogen-bond acceptors (Lipinski definition) is 7. The average molecular weight is 451 g/mol. The summed E-state index contributed by atoms with van der Waals surface area (Å²) in [5.41, 5.74) is 2.99. The van der Waals surface area contributed by atoms with Gasteiger partial charge in [0.05, 0.1) is 31.2 Å². The Hall–Kier alpha value is -2.84. The lowest BCUT2D eigenvalue weighted by atomic mass is 10.2. The van der Waals surface area contributed by atoms with E-state index in [1.807, 2.05) is 41.1 Å². The zero-order valence-electron chi connectivity index (χ0n) is 17.3. The highest BCUT2D eigenvalue weighted by Crippen LogP contribution is 2.41. The van der Waals surface area contributed by atoms with Crippen LogP contribution in [0.4, 0.5) is 0 Å². The van der Waals surface area contributed by atoms with Crippen molar-refractivity contribution in [2.45, 2.75) is 29.7 Å². The third-order valence-electron chi connectivity index (χ3n) is 5.09. The molecule has 1 aliphatic rings. The van der Waals surface area contributed by atoms with Gasteiger partial charge in [-0.15, -0.1) is 16.4 Å². The minimum Gasteiger partial charge on any atom is -0.493 e. The number of nitrogens with zero attached hydrogens (tertiary/aromatic N) is 4. The van der Waals surface area contributed by atoms with Crippen molar-refractivity contribution in [3.63, 3.8) is 0 Å². The molecule has 6 nitrogen and oxygen atoms in total. The van der Waals surface area contributed by atoms with Crippen molar-refractivity contribution in [3.05, 3.63) is 65.4 Å². The summed E-state index contributed by atoms with van der Waals surface area (Å²) in [7, 11) is 3.29. The highest BCUT2D eigenvalue weighted by molar-refractivity contribution is 7.98. The van der Waals surface area contributed by atoms with Gasteiger partial charge in [0, 0.05) is 17.1 Å². The largest absolute Gasteiger partial charge is 0.493 e. The first kappa shape index (κ1) is 20.1. The molecule has 1 aliphatic carbocycles. The van der Waals surface area contributed by atoms with E-state index >= 15 is 0 Å². The van der Waals surface area contributed by atoms with E-state index in [-0.39, 0.29) is 0 Å². The number of methoxy groups -OCH3 is 2. The van der Waals surface area contributed by atoms with E-state index in [1.165, 1.54) is 12.8 Å². The van der Waals surface area contributed by atoms with Crippen LogP contribution >= 0.6 is 23.1 Å². The van der Waals surface area contributed by atoms with Gasteiger partial charge in [0.2, 0.25) is 5.16 Å². The van der Waals surface area contributed by atoms with E-state index in [1.54, 1.807) is 37.3 Å². The maximum absolute atomic E-state index is 5.56. The molecule has 0 N–H and O–H groups in total. The molecule has 2 aromatic carbocycles. The second kappa shape index (κ2) is 8.72. The maximum atomic E-state index is 5.56. The minimum absolute atomic E-state index is 0.522. The molecule has 0 atom stereocenters. The molecule has 2 aromatic heterocycles. The van der Waals surface area contributed by atoms with Crippen LogP contribution < -0.4 is 9.47 Å². The monoisotopic (exact) mass is 450 g/mol. The number of hydrogen-bond donors (Lipinski definition) is 0. The van der Waals surface area contributed by atoms with E-state index in [0.717, 1.165) is 32.9 Å². The van der Waals surface area contributed by atoms with Gasteiger partial charge in [-0.3, -0.25) is 0 Å². The van der Waals surface area contributed by atoms with Crippen LogP contribution in [0, 0.1) is 0 Å². The van der Waals surface area contributed by atoms with Gasteiger partial charge in [-0.1, -0.05) is 36.0 Å². The van der Waals surface area contributed by atoms with Crippen LogP contribution in [0.1, 0.15) is 30.3 Å². The van der Waals surface area contributed by atoms with E-state index in [9.17, 15) is 0 Å². The Labute approximate surface area is 189 Å². The van der Waals surface area contributed by atoms with Gasteiger partial charge in [0.15, 0.2) is 11.5 Å². The van der Waals surface area contributed by atoms with Crippen LogP contribution in [-0.4, -0.2) is 34.0 Å². The molecule has 1 saturated carbocycles. The summed E-state index contributed by atoms with van der Waals surface area (Å²) in [4.78, 5) is 9.65. The number of rotatable bonds is 8. The SMILES string of the molecule is COc1cccc(-c2nc(CSc3nc(C4CC4)n(-c4ccccc4)n3)cs2)c1OC. The van der Waals surface area contributed by atoms with E-state index < -0.39 is 0 Å². The zero-order chi connectivity index (χ0) is 21.2. The van der Waals surface area contributed by atoms with Gasteiger partial charge in [-0.05, 0) is 37.1 Å². The molecule has 2 heterocycles. The quantitative estimate of drug-likeness (QED) is 0.327. The van der Waals surface area contributed by atoms with Crippen molar-refractivity contribution in [1.29, 1.82) is 0 Å². The molecule has 0 aliphatic heterocycles. The molecule has 0 radical (unpaired) electrons. The van der Waals surface area contributed by atoms with Gasteiger partial charge in [0.1, 0.15) is 10.8 Å². The lowest BCUT2D eigenvalue weighted by Crippen LogP contribution is -2.01. The van der Waals surface area contributed by atoms with Gasteiger partial charge in [-0.2, -0.15) is 0 Å². The van der Waals surface area contributed by atoms with Gasteiger partial charge < -0.3 is 9.47 Å². The number of ether oxygens (including phenoxy) is 2. The number of benzene rings is 2. The second-order valence-electron chi connectivity index (χ2n) is 7.25. The smallest absolute Gasteiger partial charge is 0.209 e. The Morgan fingerprint density at radius 3 is 2.61 bits per heavy atom. The molecule has 8 heteroatoms. The standard InChI is InChI=1S/C23H22N4O2S2/c1-28-19-10-6-9-18(20(19)29-2)22-24-16(13-30-22)14-31-23-25-21(15-11-12-15)27(26-23)17-7-4-3-5-8-17/h3-10,13,15H,11-12,14H2,1-2H3. The van der Waals surface area contributed by atoms with Crippen LogP contribution in [-0.2, 0) is 5.75 Å². The lowest BCUT2D eigenvalue weighted by Gasteiger charge is -2.10. The van der Waals surface area contributed by atoms with E-state index in [4.69, 9.17) is 24.5 Å². The maximum Gasteiger partial charge on any atom is 0.209 e. The van der Waals surface area contributed by atoms with Crippen LogP contribution in [0.25, 0.3) is 16.3 Å². The normalized spacial score (nSPS) is 13.4. The number of aromatic nitrogens is 4. The predicted molar refractivity (Wildman–Crippen MR) is 124 cm³/mol. The van der Waals surface area contributed by atoms with Crippen molar-refractivity contribution in [3.8, 4) is 27.8 Å². The fourth-order valence-corrected chi connectivity index (χ4v) is 5.09. The molecular formula is C23H22N4O2S2. The van der Waals surface area contributed by atoms with Crippen molar-refractivity contribution in [1.82, 2.24) is 19.7 Å². The average Bonchev–Trinajstić information content (AvgIpc) is 3.40. The summed E-state index contributed by atoms with van der Waals surface area (Å²) >= 11 is 3.22. The van der Waals surface area contributed by atoms with Gasteiger partial charge in [0.25, 0.3) is 0 Å². The summed E-state index contributed by atoms with van der Waals surface area (Å²) in [5, 5.41) is 8.56. The van der Waals surface area contributed by atoms with Crippen LogP contribution in [0.3, 0.4) is 0 Å². The Morgan fingerprint density at radius 2 is 1.87 bits per heavy atom. The highest BCUT2D eigenvalue weighted by Gasteiger charge is 2.30. The summed E-state index contributed by atoms with van der Waals surface area (Å²) in [5.74, 6) is 3.71. The molecule has 5 rings (SSSR count). The molecule has 0 spiro atoms. The molecule has 4 aromatic rings. The fourth-order valence-electron chi connectivity index (χ4n) is 3.42. The first-order valence-electron chi connectivity index (χ1n) is 10.1. The third kappa shape index (κ3) is 4.18. The van der Waals surface area contributed by atoms with E-state index in [0.29, 0.717) is 23.2 Å². The predicted octanol–water partition coefficient (Wildman–Crippen LogP) is 5.58. The summed E-state index contributed by atoms with van der Waals surface area (Å²) in [6.07, 6.45) is 2.38. The van der Waals surface area contributed by atoms with Crippen LogP contribution in [0.2, 0.25) is 0 Å². The van der Waals surface area contributed by atoms with Gasteiger partial charge >= 0.3 is 0 Å². The Balaban J connectivity index is 1.35.